The first-order valence-corrected chi connectivity index (χ1v) is 9.95. The number of halogens is 1. The monoisotopic (exact) mass is 378 g/mol. The number of nitrogens with one attached hydrogen (secondary N) is 1. The van der Waals surface area contributed by atoms with Gasteiger partial charge in [-0.3, -0.25) is 4.79 Å². The Hall–Kier alpha value is -1.75. The van der Waals surface area contributed by atoms with Gasteiger partial charge in [0.2, 0.25) is 0 Å². The summed E-state index contributed by atoms with van der Waals surface area (Å²) < 4.78 is 0. The van der Waals surface area contributed by atoms with Crippen LogP contribution in [0.2, 0.25) is 5.02 Å². The summed E-state index contributed by atoms with van der Waals surface area (Å²) in [6, 6.07) is 7.93. The van der Waals surface area contributed by atoms with Gasteiger partial charge in [0.15, 0.2) is 0 Å². The van der Waals surface area contributed by atoms with Crippen LogP contribution in [-0.2, 0) is 11.3 Å². The standard InChI is InChI=1S/C20H27ClN2O3/c21-18-8-4-1-5-15(18)13-23(17-6-2-3-7-17)20(26)22-16-11-9-14(10-12-16)19(24)25/h1,4-5,8,14,16-17H,2-3,6-7,9-13H2,(H,22,26)(H,24,25). The Bertz CT molecular complexity index is 638. The van der Waals surface area contributed by atoms with Crippen molar-refractivity contribution in [3.8, 4) is 0 Å². The molecule has 2 amide bonds. The summed E-state index contributed by atoms with van der Waals surface area (Å²) in [4.78, 5) is 26.0. The summed E-state index contributed by atoms with van der Waals surface area (Å²) in [7, 11) is 0. The van der Waals surface area contributed by atoms with E-state index < -0.39 is 5.97 Å². The van der Waals surface area contributed by atoms with E-state index in [-0.39, 0.29) is 24.0 Å². The normalized spacial score (nSPS) is 23.6. The molecule has 0 spiro atoms. The van der Waals surface area contributed by atoms with Crippen LogP contribution in [0.25, 0.3) is 0 Å². The zero-order chi connectivity index (χ0) is 18.5. The zero-order valence-electron chi connectivity index (χ0n) is 15.0. The first-order valence-electron chi connectivity index (χ1n) is 9.58. The second kappa shape index (κ2) is 8.76. The minimum Gasteiger partial charge on any atom is -0.481 e. The maximum atomic E-state index is 13.0. The van der Waals surface area contributed by atoms with E-state index in [9.17, 15) is 9.59 Å². The number of carboxylic acids is 1. The van der Waals surface area contributed by atoms with Crippen molar-refractivity contribution in [1.82, 2.24) is 10.2 Å². The number of benzene rings is 1. The summed E-state index contributed by atoms with van der Waals surface area (Å²) >= 11 is 6.30. The molecule has 3 rings (SSSR count). The topological polar surface area (TPSA) is 69.6 Å². The quantitative estimate of drug-likeness (QED) is 0.795. The minimum atomic E-state index is -0.721. The highest BCUT2D eigenvalue weighted by Gasteiger charge is 2.31. The Morgan fingerprint density at radius 3 is 2.35 bits per heavy atom. The Labute approximate surface area is 159 Å². The number of carbonyl (C=O) groups excluding carboxylic acids is 1. The van der Waals surface area contributed by atoms with Crippen LogP contribution in [0.3, 0.4) is 0 Å². The van der Waals surface area contributed by atoms with Gasteiger partial charge in [0.05, 0.1) is 5.92 Å². The smallest absolute Gasteiger partial charge is 0.318 e. The van der Waals surface area contributed by atoms with Gasteiger partial charge < -0.3 is 15.3 Å². The molecule has 0 aliphatic heterocycles. The molecule has 5 nitrogen and oxygen atoms in total. The fourth-order valence-corrected chi connectivity index (χ4v) is 4.33. The molecule has 26 heavy (non-hydrogen) atoms. The predicted octanol–water partition coefficient (Wildman–Crippen LogP) is 4.44. The SMILES string of the molecule is O=C(O)C1CCC(NC(=O)N(Cc2ccccc2Cl)C2CCCC2)CC1. The third-order valence-corrected chi connectivity index (χ3v) is 6.10. The van der Waals surface area contributed by atoms with Crippen LogP contribution < -0.4 is 5.32 Å². The molecule has 2 saturated carbocycles. The summed E-state index contributed by atoms with van der Waals surface area (Å²) in [6.07, 6.45) is 7.09. The second-order valence-corrected chi connectivity index (χ2v) is 7.90. The molecule has 0 unspecified atom stereocenters. The number of urea groups is 1. The highest BCUT2D eigenvalue weighted by Crippen LogP contribution is 2.28. The van der Waals surface area contributed by atoms with E-state index in [1.54, 1.807) is 0 Å². The maximum absolute atomic E-state index is 13.0. The zero-order valence-corrected chi connectivity index (χ0v) is 15.8. The molecule has 1 aromatic rings. The number of carboxylic acid groups (broad SMARTS) is 1. The molecule has 0 bridgehead atoms. The van der Waals surface area contributed by atoms with Gasteiger partial charge in [0, 0.05) is 23.7 Å². The van der Waals surface area contributed by atoms with E-state index in [4.69, 9.17) is 16.7 Å². The molecule has 0 radical (unpaired) electrons. The van der Waals surface area contributed by atoms with Crippen molar-refractivity contribution in [3.63, 3.8) is 0 Å². The molecule has 0 saturated heterocycles. The van der Waals surface area contributed by atoms with Crippen LogP contribution in [0.5, 0.6) is 0 Å². The van der Waals surface area contributed by atoms with E-state index in [1.165, 1.54) is 0 Å². The summed E-state index contributed by atoms with van der Waals surface area (Å²) in [5.41, 5.74) is 0.964. The Morgan fingerprint density at radius 2 is 1.73 bits per heavy atom. The molecule has 1 aromatic carbocycles. The van der Waals surface area contributed by atoms with Gasteiger partial charge >= 0.3 is 12.0 Å². The molecular weight excluding hydrogens is 352 g/mol. The van der Waals surface area contributed by atoms with Crippen molar-refractivity contribution < 1.29 is 14.7 Å². The van der Waals surface area contributed by atoms with Gasteiger partial charge in [-0.15, -0.1) is 0 Å². The number of carbonyl (C=O) groups is 2. The van der Waals surface area contributed by atoms with Crippen molar-refractivity contribution >= 4 is 23.6 Å². The molecule has 6 heteroatoms. The predicted molar refractivity (Wildman–Crippen MR) is 101 cm³/mol. The molecule has 2 fully saturated rings. The molecule has 0 atom stereocenters. The van der Waals surface area contributed by atoms with Crippen LogP contribution in [0.1, 0.15) is 56.9 Å². The highest BCUT2D eigenvalue weighted by molar-refractivity contribution is 6.31. The molecule has 2 N–H and O–H groups in total. The van der Waals surface area contributed by atoms with Gasteiger partial charge in [0.1, 0.15) is 0 Å². The lowest BCUT2D eigenvalue weighted by Gasteiger charge is -2.33. The van der Waals surface area contributed by atoms with Crippen molar-refractivity contribution in [2.24, 2.45) is 5.92 Å². The number of hydrogen-bond donors (Lipinski definition) is 2. The Kier molecular flexibility index (Phi) is 6.41. The van der Waals surface area contributed by atoms with Gasteiger partial charge in [-0.25, -0.2) is 4.79 Å². The second-order valence-electron chi connectivity index (χ2n) is 7.49. The molecular formula is C20H27ClN2O3. The maximum Gasteiger partial charge on any atom is 0.318 e. The number of aliphatic carboxylic acids is 1. The molecule has 2 aliphatic rings. The van der Waals surface area contributed by atoms with Crippen LogP contribution in [0.15, 0.2) is 24.3 Å². The fourth-order valence-electron chi connectivity index (χ4n) is 4.14. The summed E-state index contributed by atoms with van der Waals surface area (Å²) in [6.45, 7) is 0.515. The molecule has 142 valence electrons. The number of hydrogen-bond acceptors (Lipinski definition) is 2. The third kappa shape index (κ3) is 4.70. The van der Waals surface area contributed by atoms with E-state index in [2.05, 4.69) is 5.32 Å². The van der Waals surface area contributed by atoms with Crippen LogP contribution in [-0.4, -0.2) is 34.1 Å². The van der Waals surface area contributed by atoms with Gasteiger partial charge in [-0.1, -0.05) is 42.6 Å². The van der Waals surface area contributed by atoms with Crippen molar-refractivity contribution in [1.29, 1.82) is 0 Å². The first-order chi connectivity index (χ1) is 12.5. The van der Waals surface area contributed by atoms with E-state index in [1.807, 2.05) is 29.2 Å². The number of amides is 2. The van der Waals surface area contributed by atoms with Crippen molar-refractivity contribution in [3.05, 3.63) is 34.9 Å². The van der Waals surface area contributed by atoms with Gasteiger partial charge in [-0.05, 0) is 50.2 Å². The van der Waals surface area contributed by atoms with Gasteiger partial charge in [0.25, 0.3) is 0 Å². The van der Waals surface area contributed by atoms with Crippen molar-refractivity contribution in [2.75, 3.05) is 0 Å². The lowest BCUT2D eigenvalue weighted by molar-refractivity contribution is -0.142. The summed E-state index contributed by atoms with van der Waals surface area (Å²) in [5.74, 6) is -0.988. The lowest BCUT2D eigenvalue weighted by Crippen LogP contribution is -2.49. The number of nitrogens with zero attached hydrogens (tertiary/aromatic N) is 1. The highest BCUT2D eigenvalue weighted by atomic mass is 35.5. The fraction of sp³-hybridized carbons (Fsp3) is 0.600. The molecule has 0 aromatic heterocycles. The van der Waals surface area contributed by atoms with E-state index >= 15 is 0 Å². The molecule has 2 aliphatic carbocycles. The third-order valence-electron chi connectivity index (χ3n) is 5.73. The number of rotatable bonds is 5. The van der Waals surface area contributed by atoms with Gasteiger partial charge in [-0.2, -0.15) is 0 Å². The molecule has 0 heterocycles. The summed E-state index contributed by atoms with van der Waals surface area (Å²) in [5, 5.41) is 13.0. The Morgan fingerprint density at radius 1 is 1.08 bits per heavy atom. The van der Waals surface area contributed by atoms with Crippen LogP contribution >= 0.6 is 11.6 Å². The van der Waals surface area contributed by atoms with Crippen molar-refractivity contribution in [2.45, 2.75) is 70.0 Å². The largest absolute Gasteiger partial charge is 0.481 e. The average Bonchev–Trinajstić information content (AvgIpc) is 3.15. The first kappa shape index (κ1) is 19.0. The average molecular weight is 379 g/mol. The van der Waals surface area contributed by atoms with Crippen LogP contribution in [0.4, 0.5) is 4.79 Å². The van der Waals surface area contributed by atoms with E-state index in [0.717, 1.165) is 44.1 Å². The lowest BCUT2D eigenvalue weighted by atomic mass is 9.86. The Balaban J connectivity index is 1.64. The van der Waals surface area contributed by atoms with E-state index in [0.29, 0.717) is 24.4 Å². The van der Waals surface area contributed by atoms with Crippen LogP contribution in [0, 0.1) is 5.92 Å². The minimum absolute atomic E-state index is 0.0457.